The molecule has 1 aromatic rings. The van der Waals surface area contributed by atoms with E-state index >= 15 is 0 Å². The van der Waals surface area contributed by atoms with Crippen LogP contribution >= 0.6 is 0 Å². The van der Waals surface area contributed by atoms with Crippen LogP contribution in [-0.2, 0) is 10.0 Å². The van der Waals surface area contributed by atoms with Gasteiger partial charge in [0.2, 0.25) is 15.9 Å². The lowest BCUT2D eigenvalue weighted by Crippen LogP contribution is -2.51. The van der Waals surface area contributed by atoms with Crippen molar-refractivity contribution in [2.45, 2.75) is 43.2 Å². The fraction of sp³-hybridized carbons (Fsp3) is 0.500. The minimum atomic E-state index is -3.60. The summed E-state index contributed by atoms with van der Waals surface area (Å²) < 4.78 is 27.0. The first-order chi connectivity index (χ1) is 9.84. The predicted molar refractivity (Wildman–Crippen MR) is 80.1 cm³/mol. The minimum Gasteiger partial charge on any atom is -0.366 e. The summed E-state index contributed by atoms with van der Waals surface area (Å²) in [6.45, 7) is 2.31. The molecule has 1 aliphatic rings. The van der Waals surface area contributed by atoms with E-state index in [2.05, 4.69) is 0 Å². The van der Waals surface area contributed by atoms with Crippen molar-refractivity contribution in [3.63, 3.8) is 0 Å². The Morgan fingerprint density at radius 3 is 2.43 bits per heavy atom. The van der Waals surface area contributed by atoms with Gasteiger partial charge in [-0.1, -0.05) is 6.42 Å². The van der Waals surface area contributed by atoms with Crippen LogP contribution in [0, 0.1) is 0 Å². The molecule has 0 aromatic heterocycles. The number of amides is 1. The molecule has 6 nitrogen and oxygen atoms in total. The van der Waals surface area contributed by atoms with E-state index in [-0.39, 0.29) is 22.5 Å². The maximum absolute atomic E-state index is 12.7. The average molecular weight is 311 g/mol. The molecule has 1 amide bonds. The van der Waals surface area contributed by atoms with E-state index in [1.54, 1.807) is 0 Å². The number of hydrogen-bond donors (Lipinski definition) is 2. The van der Waals surface area contributed by atoms with Gasteiger partial charge in [0.1, 0.15) is 0 Å². The summed E-state index contributed by atoms with van der Waals surface area (Å²) in [6.07, 6.45) is 2.59. The highest BCUT2D eigenvalue weighted by molar-refractivity contribution is 7.89. The average Bonchev–Trinajstić information content (AvgIpc) is 2.47. The quantitative estimate of drug-likeness (QED) is 0.852. The monoisotopic (exact) mass is 311 g/mol. The van der Waals surface area contributed by atoms with Crippen LogP contribution in [0.25, 0.3) is 0 Å². The van der Waals surface area contributed by atoms with Gasteiger partial charge in [-0.05, 0) is 44.0 Å². The van der Waals surface area contributed by atoms with Gasteiger partial charge in [0, 0.05) is 24.2 Å². The highest BCUT2D eigenvalue weighted by Gasteiger charge is 2.35. The normalized spacial score (nSPS) is 21.9. The van der Waals surface area contributed by atoms with Crippen molar-refractivity contribution in [1.29, 1.82) is 0 Å². The van der Waals surface area contributed by atoms with Crippen molar-refractivity contribution >= 4 is 15.9 Å². The van der Waals surface area contributed by atoms with Gasteiger partial charge in [-0.3, -0.25) is 4.79 Å². The Morgan fingerprint density at radius 2 is 1.90 bits per heavy atom. The standard InChI is InChI=1S/C14H21N3O3S/c1-10(15)13-4-2-3-9-17(13)21(19,20)12-7-5-11(6-8-12)14(16)18/h5-8,10,13H,2-4,9,15H2,1H3,(H2,16,18). The van der Waals surface area contributed by atoms with Crippen LogP contribution in [0.2, 0.25) is 0 Å². The molecule has 1 aromatic carbocycles. The third kappa shape index (κ3) is 3.25. The number of piperidine rings is 1. The lowest BCUT2D eigenvalue weighted by molar-refractivity contribution is 0.1000. The van der Waals surface area contributed by atoms with Gasteiger partial charge in [-0.15, -0.1) is 0 Å². The first kappa shape index (κ1) is 15.9. The predicted octanol–water partition coefficient (Wildman–Crippen LogP) is 0.676. The number of benzene rings is 1. The molecule has 116 valence electrons. The van der Waals surface area contributed by atoms with Crippen LogP contribution in [0.5, 0.6) is 0 Å². The number of carbonyl (C=O) groups excluding carboxylic acids is 1. The van der Waals surface area contributed by atoms with Gasteiger partial charge in [-0.25, -0.2) is 8.42 Å². The lowest BCUT2D eigenvalue weighted by atomic mass is 10.00. The van der Waals surface area contributed by atoms with Crippen molar-refractivity contribution in [2.24, 2.45) is 11.5 Å². The van der Waals surface area contributed by atoms with Crippen LogP contribution in [-0.4, -0.2) is 37.3 Å². The second kappa shape index (κ2) is 6.13. The fourth-order valence-corrected chi connectivity index (χ4v) is 4.46. The van der Waals surface area contributed by atoms with Gasteiger partial charge in [0.05, 0.1) is 4.90 Å². The summed E-state index contributed by atoms with van der Waals surface area (Å²) in [7, 11) is -3.60. The van der Waals surface area contributed by atoms with Crippen LogP contribution < -0.4 is 11.5 Å². The Bertz CT molecular complexity index is 611. The Balaban J connectivity index is 2.33. The first-order valence-corrected chi connectivity index (χ1v) is 8.45. The molecule has 1 fully saturated rings. The fourth-order valence-electron chi connectivity index (χ4n) is 2.68. The zero-order valence-electron chi connectivity index (χ0n) is 12.0. The molecule has 0 saturated carbocycles. The van der Waals surface area contributed by atoms with Crippen LogP contribution in [0.3, 0.4) is 0 Å². The van der Waals surface area contributed by atoms with Crippen molar-refractivity contribution in [2.75, 3.05) is 6.54 Å². The van der Waals surface area contributed by atoms with Crippen molar-refractivity contribution in [1.82, 2.24) is 4.31 Å². The molecule has 0 radical (unpaired) electrons. The molecule has 2 unspecified atom stereocenters. The van der Waals surface area contributed by atoms with E-state index in [1.807, 2.05) is 6.92 Å². The Morgan fingerprint density at radius 1 is 1.29 bits per heavy atom. The Hall–Kier alpha value is -1.44. The van der Waals surface area contributed by atoms with Gasteiger partial charge in [-0.2, -0.15) is 4.31 Å². The number of rotatable bonds is 4. The maximum Gasteiger partial charge on any atom is 0.248 e. The highest BCUT2D eigenvalue weighted by atomic mass is 32.2. The molecule has 2 atom stereocenters. The molecule has 7 heteroatoms. The number of primary amides is 1. The highest BCUT2D eigenvalue weighted by Crippen LogP contribution is 2.26. The van der Waals surface area contributed by atoms with Crippen molar-refractivity contribution in [3.05, 3.63) is 29.8 Å². The van der Waals surface area contributed by atoms with Gasteiger partial charge in [0.25, 0.3) is 0 Å². The minimum absolute atomic E-state index is 0.167. The van der Waals surface area contributed by atoms with E-state index in [0.717, 1.165) is 19.3 Å². The van der Waals surface area contributed by atoms with E-state index < -0.39 is 15.9 Å². The third-order valence-corrected chi connectivity index (χ3v) is 5.79. The smallest absolute Gasteiger partial charge is 0.248 e. The lowest BCUT2D eigenvalue weighted by Gasteiger charge is -2.36. The van der Waals surface area contributed by atoms with E-state index in [1.165, 1.54) is 28.6 Å². The Kier molecular flexibility index (Phi) is 4.65. The molecule has 2 rings (SSSR count). The zero-order valence-corrected chi connectivity index (χ0v) is 12.8. The van der Waals surface area contributed by atoms with Crippen LogP contribution in [0.15, 0.2) is 29.2 Å². The van der Waals surface area contributed by atoms with E-state index in [4.69, 9.17) is 11.5 Å². The topological polar surface area (TPSA) is 106 Å². The van der Waals surface area contributed by atoms with Gasteiger partial charge < -0.3 is 11.5 Å². The SMILES string of the molecule is CC(N)C1CCCCN1S(=O)(=O)c1ccc(C(N)=O)cc1. The number of carbonyl (C=O) groups is 1. The third-order valence-electron chi connectivity index (χ3n) is 3.85. The summed E-state index contributed by atoms with van der Waals surface area (Å²) in [5.41, 5.74) is 11.4. The molecule has 1 saturated heterocycles. The summed E-state index contributed by atoms with van der Waals surface area (Å²) in [6, 6.07) is 5.30. The molecule has 4 N–H and O–H groups in total. The van der Waals surface area contributed by atoms with Crippen molar-refractivity contribution in [3.8, 4) is 0 Å². The first-order valence-electron chi connectivity index (χ1n) is 7.01. The van der Waals surface area contributed by atoms with Crippen LogP contribution in [0.1, 0.15) is 36.5 Å². The molecule has 1 aliphatic heterocycles. The molecule has 21 heavy (non-hydrogen) atoms. The summed E-state index contributed by atoms with van der Waals surface area (Å²) >= 11 is 0. The van der Waals surface area contributed by atoms with E-state index in [9.17, 15) is 13.2 Å². The second-order valence-corrected chi connectivity index (χ2v) is 7.32. The maximum atomic E-state index is 12.7. The molecule has 1 heterocycles. The molecule has 0 aliphatic carbocycles. The Labute approximate surface area is 125 Å². The number of nitrogens with two attached hydrogens (primary N) is 2. The number of sulfonamides is 1. The summed E-state index contributed by atoms with van der Waals surface area (Å²) in [4.78, 5) is 11.2. The molecular formula is C14H21N3O3S. The van der Waals surface area contributed by atoms with E-state index in [0.29, 0.717) is 6.54 Å². The molecular weight excluding hydrogens is 290 g/mol. The number of nitrogens with zero attached hydrogens (tertiary/aromatic N) is 1. The zero-order chi connectivity index (χ0) is 15.6. The van der Waals surface area contributed by atoms with Crippen molar-refractivity contribution < 1.29 is 13.2 Å². The van der Waals surface area contributed by atoms with Crippen LogP contribution in [0.4, 0.5) is 0 Å². The summed E-state index contributed by atoms with van der Waals surface area (Å²) in [5.74, 6) is -0.578. The van der Waals surface area contributed by atoms with Gasteiger partial charge in [0.15, 0.2) is 0 Å². The number of hydrogen-bond acceptors (Lipinski definition) is 4. The van der Waals surface area contributed by atoms with Gasteiger partial charge >= 0.3 is 0 Å². The molecule has 0 spiro atoms. The molecule has 0 bridgehead atoms. The second-order valence-electron chi connectivity index (χ2n) is 5.43. The summed E-state index contributed by atoms with van der Waals surface area (Å²) in [5, 5.41) is 0. The largest absolute Gasteiger partial charge is 0.366 e.